The van der Waals surface area contributed by atoms with Gasteiger partial charge in [0.05, 0.1) is 39.3 Å². The molecule has 0 aromatic heterocycles. The number of hydrogen-bond acceptors (Lipinski definition) is 14. The number of aliphatic imine (C=N–C) groups is 4. The van der Waals surface area contributed by atoms with E-state index in [9.17, 15) is 28.8 Å². The summed E-state index contributed by atoms with van der Waals surface area (Å²) in [5.74, 6) is -3.95. The third-order valence-electron chi connectivity index (χ3n) is 10.6. The van der Waals surface area contributed by atoms with Crippen LogP contribution in [0, 0.1) is 0 Å². The van der Waals surface area contributed by atoms with Crippen molar-refractivity contribution in [2.24, 2.45) is 83.0 Å². The first-order valence-corrected chi connectivity index (χ1v) is 24.1. The van der Waals surface area contributed by atoms with Gasteiger partial charge < -0.3 is 98.0 Å². The second kappa shape index (κ2) is 37.6. The first-order chi connectivity index (χ1) is 34.4. The normalized spacial score (nSPS) is 11.0. The Morgan fingerprint density at radius 2 is 0.958 bits per heavy atom. The highest BCUT2D eigenvalue weighted by molar-refractivity contribution is 5.92. The highest BCUT2D eigenvalue weighted by Crippen LogP contribution is 2.13. The van der Waals surface area contributed by atoms with E-state index in [0.29, 0.717) is 44.6 Å². The lowest BCUT2D eigenvalue weighted by Gasteiger charge is -2.31. The van der Waals surface area contributed by atoms with Gasteiger partial charge >= 0.3 is 0 Å². The fourth-order valence-electron chi connectivity index (χ4n) is 6.82. The van der Waals surface area contributed by atoms with E-state index in [-0.39, 0.29) is 115 Å². The summed E-state index contributed by atoms with van der Waals surface area (Å²) in [6, 6.07) is 6.10. The van der Waals surface area contributed by atoms with Crippen molar-refractivity contribution >= 4 is 59.3 Å². The Hall–Kier alpha value is -7.20. The Balaban J connectivity index is 3.56. The molecule has 28 nitrogen and oxygen atoms in total. The Morgan fingerprint density at radius 3 is 1.42 bits per heavy atom. The Bertz CT molecular complexity index is 1900. The van der Waals surface area contributed by atoms with Crippen molar-refractivity contribution in [3.05, 3.63) is 29.8 Å². The van der Waals surface area contributed by atoms with Crippen LogP contribution in [-0.2, 0) is 35.2 Å². The molecule has 0 spiro atoms. The summed E-state index contributed by atoms with van der Waals surface area (Å²) in [6.45, 7) is -0.0836. The van der Waals surface area contributed by atoms with Gasteiger partial charge in [-0.3, -0.25) is 48.7 Å². The molecule has 6 amide bonds. The average Bonchev–Trinajstić information content (AvgIpc) is 3.32. The van der Waals surface area contributed by atoms with E-state index in [2.05, 4.69) is 30.6 Å². The van der Waals surface area contributed by atoms with Gasteiger partial charge in [0.15, 0.2) is 23.8 Å². The van der Waals surface area contributed by atoms with Crippen molar-refractivity contribution < 1.29 is 33.5 Å². The quantitative estimate of drug-likeness (QED) is 0.0165. The highest BCUT2D eigenvalue weighted by Gasteiger charge is 2.28. The molecular formula is C44H83N21O7. The molecule has 0 fully saturated rings. The summed E-state index contributed by atoms with van der Waals surface area (Å²) in [5, 5.41) is 5.70. The van der Waals surface area contributed by atoms with Crippen LogP contribution >= 0.6 is 0 Å². The molecule has 0 bridgehead atoms. The smallest absolute Gasteiger partial charge is 0.242 e. The fraction of sp³-hybridized carbons (Fsp3) is 0.636. The molecule has 0 saturated heterocycles. The molecular weight excluding hydrogens is 935 g/mol. The van der Waals surface area contributed by atoms with Gasteiger partial charge in [-0.05, 0) is 88.7 Å². The van der Waals surface area contributed by atoms with E-state index < -0.39 is 61.8 Å². The summed E-state index contributed by atoms with van der Waals surface area (Å²) in [5.41, 5.74) is 61.8. The summed E-state index contributed by atoms with van der Waals surface area (Å²) in [7, 11) is 0. The van der Waals surface area contributed by atoms with Crippen LogP contribution in [0.25, 0.3) is 0 Å². The second-order valence-corrected chi connectivity index (χ2v) is 16.6. The van der Waals surface area contributed by atoms with Crippen molar-refractivity contribution in [2.45, 2.75) is 70.3 Å². The van der Waals surface area contributed by atoms with Crippen molar-refractivity contribution in [1.29, 1.82) is 0 Å². The second-order valence-electron chi connectivity index (χ2n) is 16.6. The van der Waals surface area contributed by atoms with Crippen LogP contribution in [0.15, 0.2) is 44.2 Å². The lowest BCUT2D eigenvalue weighted by molar-refractivity contribution is -0.146. The molecule has 72 heavy (non-hydrogen) atoms. The predicted molar refractivity (Wildman–Crippen MR) is 278 cm³/mol. The number of primary amides is 1. The largest absolute Gasteiger partial charge is 0.492 e. The lowest BCUT2D eigenvalue weighted by Crippen LogP contribution is -2.53. The zero-order chi connectivity index (χ0) is 53.7. The number of rotatable bonds is 40. The minimum atomic E-state index is -1.11. The number of nitrogens with zero attached hydrogens (tertiary/aromatic N) is 8. The maximum atomic E-state index is 14.5. The molecule has 28 heteroatoms. The van der Waals surface area contributed by atoms with Crippen LogP contribution < -0.4 is 78.4 Å². The van der Waals surface area contributed by atoms with E-state index in [1.165, 1.54) is 19.6 Å². The van der Waals surface area contributed by atoms with Crippen molar-refractivity contribution in [1.82, 2.24) is 30.2 Å². The van der Waals surface area contributed by atoms with Gasteiger partial charge in [0.25, 0.3) is 0 Å². The third kappa shape index (κ3) is 30.4. The SMILES string of the molecule is NCCCCCCNCC(=O)N(CCCN=C(N)N)CC(=O)N(CCCN=C(N)N)CC(=O)N(CCOc1ccc(CCN)cc1)CC(=O)N(CCCN=C(N)N)CC(=O)N[C@H](CCCN=C(N)N)C(N)=O. The first kappa shape index (κ1) is 62.8. The number of hydrogen-bond donors (Lipinski definition) is 13. The Labute approximate surface area is 422 Å². The van der Waals surface area contributed by atoms with Gasteiger partial charge in [0.1, 0.15) is 18.4 Å². The van der Waals surface area contributed by atoms with E-state index >= 15 is 0 Å². The lowest BCUT2D eigenvalue weighted by atomic mass is 10.1. The van der Waals surface area contributed by atoms with Crippen LogP contribution in [0.4, 0.5) is 0 Å². The molecule has 0 heterocycles. The number of amides is 6. The number of guanidine groups is 4. The van der Waals surface area contributed by atoms with Crippen molar-refractivity contribution in [2.75, 3.05) is 111 Å². The van der Waals surface area contributed by atoms with E-state index in [4.69, 9.17) is 67.8 Å². The minimum absolute atomic E-state index is 0.0179. The van der Waals surface area contributed by atoms with Crippen molar-refractivity contribution in [3.8, 4) is 5.75 Å². The van der Waals surface area contributed by atoms with Crippen LogP contribution in [0.3, 0.4) is 0 Å². The van der Waals surface area contributed by atoms with E-state index in [1.807, 2.05) is 12.1 Å². The molecule has 0 saturated carbocycles. The van der Waals surface area contributed by atoms with Gasteiger partial charge in [-0.2, -0.15) is 0 Å². The number of nitrogens with one attached hydrogen (secondary N) is 2. The predicted octanol–water partition coefficient (Wildman–Crippen LogP) is -6.00. The molecule has 1 aromatic carbocycles. The monoisotopic (exact) mass is 1020 g/mol. The highest BCUT2D eigenvalue weighted by atomic mass is 16.5. The van der Waals surface area contributed by atoms with Gasteiger partial charge in [0, 0.05) is 45.8 Å². The molecule has 0 unspecified atom stereocenters. The number of ether oxygens (including phenoxy) is 1. The molecule has 0 aliphatic carbocycles. The van der Waals surface area contributed by atoms with Crippen LogP contribution in [0.1, 0.15) is 63.4 Å². The molecule has 1 atom stereocenters. The Kier molecular flexibility index (Phi) is 32.8. The summed E-state index contributed by atoms with van der Waals surface area (Å²) in [6.07, 6.45) is 5.47. The van der Waals surface area contributed by atoms with Crippen molar-refractivity contribution in [3.63, 3.8) is 0 Å². The third-order valence-corrected chi connectivity index (χ3v) is 10.6. The fourth-order valence-corrected chi connectivity index (χ4v) is 6.82. The van der Waals surface area contributed by atoms with E-state index in [1.54, 1.807) is 12.1 Å². The molecule has 1 aromatic rings. The van der Waals surface area contributed by atoms with E-state index in [0.717, 1.165) is 31.2 Å². The average molecular weight is 1020 g/mol. The number of carbonyl (C=O) groups excluding carboxylic acids is 6. The van der Waals surface area contributed by atoms with Gasteiger partial charge in [-0.25, -0.2) is 0 Å². The topological polar surface area (TPSA) is 484 Å². The zero-order valence-electron chi connectivity index (χ0n) is 41.8. The number of benzene rings is 1. The Morgan fingerprint density at radius 1 is 0.514 bits per heavy atom. The maximum Gasteiger partial charge on any atom is 0.242 e. The molecule has 0 aliphatic heterocycles. The molecule has 24 N–H and O–H groups in total. The van der Waals surface area contributed by atoms with Gasteiger partial charge in [-0.15, -0.1) is 0 Å². The zero-order valence-corrected chi connectivity index (χ0v) is 41.8. The molecule has 1 rings (SSSR count). The summed E-state index contributed by atoms with van der Waals surface area (Å²) in [4.78, 5) is 103. The maximum absolute atomic E-state index is 14.5. The summed E-state index contributed by atoms with van der Waals surface area (Å²) < 4.78 is 5.99. The molecule has 406 valence electrons. The molecule has 0 radical (unpaired) electrons. The number of nitrogens with two attached hydrogens (primary N) is 11. The van der Waals surface area contributed by atoms with Crippen LogP contribution in [-0.4, -0.2) is 196 Å². The van der Waals surface area contributed by atoms with Crippen LogP contribution in [0.2, 0.25) is 0 Å². The van der Waals surface area contributed by atoms with Crippen LogP contribution in [0.5, 0.6) is 5.75 Å². The number of unbranched alkanes of at least 4 members (excludes halogenated alkanes) is 3. The van der Waals surface area contributed by atoms with Gasteiger partial charge in [-0.1, -0.05) is 25.0 Å². The number of carbonyl (C=O) groups is 6. The summed E-state index contributed by atoms with van der Waals surface area (Å²) >= 11 is 0. The molecule has 0 aliphatic rings. The minimum Gasteiger partial charge on any atom is -0.492 e. The first-order valence-electron chi connectivity index (χ1n) is 24.1. The van der Waals surface area contributed by atoms with Gasteiger partial charge in [0.2, 0.25) is 35.4 Å². The standard InChI is InChI=1S/C44H83N21O7/c45-15-3-1-2-4-17-56-27-36(67)63(23-7-20-59-43(52)53)29-38(69)64(24-8-21-60-44(54)55)30-39(70)65(25-26-72-33-12-10-32(11-13-33)14-16-46)31-37(68)62(22-6-19-58-42(50)51)28-35(66)61-34(40(47)71)9-5-18-57-41(48)49/h10-13,34,56H,1-9,14-31,45-46H2,(H2,47,71)(H,61,66)(H4,48,49,57)(H4,50,51,58)(H4,52,53,59)(H4,54,55,60)/t34-/m1/s1.